The van der Waals surface area contributed by atoms with Gasteiger partial charge in [0.25, 0.3) is 0 Å². The number of nitrogens with zero attached hydrogens (tertiary/aromatic N) is 2. The molecule has 1 N–H and O–H groups in total. The molecule has 4 rings (SSSR count). The van der Waals surface area contributed by atoms with Gasteiger partial charge in [-0.1, -0.05) is 29.8 Å². The molecule has 0 saturated heterocycles. The van der Waals surface area contributed by atoms with Crippen LogP contribution in [-0.4, -0.2) is 28.6 Å². The van der Waals surface area contributed by atoms with Crippen LogP contribution in [0.4, 0.5) is 5.82 Å². The number of carbonyl (C=O) groups excluding carboxylic acids is 1. The van der Waals surface area contributed by atoms with Gasteiger partial charge in [-0.3, -0.25) is 4.79 Å². The highest BCUT2D eigenvalue weighted by molar-refractivity contribution is 8.00. The van der Waals surface area contributed by atoms with E-state index in [2.05, 4.69) is 5.32 Å². The number of benzene rings is 2. The Morgan fingerprint density at radius 2 is 2.04 bits per heavy atom. The first kappa shape index (κ1) is 17.9. The molecule has 27 heavy (non-hydrogen) atoms. The number of carbonyl (C=O) groups is 1. The quantitative estimate of drug-likeness (QED) is 0.698. The standard InChI is InChI=1S/C20H18ClN3O2S/c1-12-18-19(13-6-8-16(26-2)9-7-13)27-11-17(25)22-20(18)24(23-12)15-5-3-4-14(21)10-15/h3-10,19H,11H2,1-2H3,(H,22,25)/t19-/m1/s1. The average molecular weight is 400 g/mol. The van der Waals surface area contributed by atoms with Crippen molar-refractivity contribution in [3.63, 3.8) is 0 Å². The van der Waals surface area contributed by atoms with Crippen molar-refractivity contribution >= 4 is 35.1 Å². The van der Waals surface area contributed by atoms with Gasteiger partial charge in [0.05, 0.1) is 29.5 Å². The summed E-state index contributed by atoms with van der Waals surface area (Å²) < 4.78 is 7.02. The maximum absolute atomic E-state index is 12.4. The number of ether oxygens (including phenoxy) is 1. The van der Waals surface area contributed by atoms with Crippen molar-refractivity contribution in [1.29, 1.82) is 0 Å². The minimum atomic E-state index is -0.0413. The predicted molar refractivity (Wildman–Crippen MR) is 109 cm³/mol. The summed E-state index contributed by atoms with van der Waals surface area (Å²) in [4.78, 5) is 12.4. The molecule has 1 aliphatic heterocycles. The largest absolute Gasteiger partial charge is 0.497 e. The summed E-state index contributed by atoms with van der Waals surface area (Å²) in [5.41, 5.74) is 3.80. The van der Waals surface area contributed by atoms with E-state index in [9.17, 15) is 4.79 Å². The number of fused-ring (bicyclic) bond motifs is 1. The third-order valence-corrected chi connectivity index (χ3v) is 5.98. The molecule has 138 valence electrons. The lowest BCUT2D eigenvalue weighted by Crippen LogP contribution is -2.15. The van der Waals surface area contributed by atoms with E-state index in [1.807, 2.05) is 55.5 Å². The molecule has 5 nitrogen and oxygen atoms in total. The Labute approximate surface area is 166 Å². The van der Waals surface area contributed by atoms with Crippen molar-refractivity contribution in [3.05, 3.63) is 70.4 Å². The van der Waals surface area contributed by atoms with E-state index in [1.54, 1.807) is 23.6 Å². The van der Waals surface area contributed by atoms with E-state index >= 15 is 0 Å². The van der Waals surface area contributed by atoms with Crippen molar-refractivity contribution in [2.75, 3.05) is 18.2 Å². The number of aromatic nitrogens is 2. The Bertz CT molecular complexity index is 1000. The molecule has 0 radical (unpaired) electrons. The summed E-state index contributed by atoms with van der Waals surface area (Å²) in [6.45, 7) is 1.97. The fourth-order valence-corrected chi connectivity index (χ4v) is 4.59. The molecular formula is C20H18ClN3O2S. The van der Waals surface area contributed by atoms with Crippen LogP contribution < -0.4 is 10.1 Å². The number of hydrogen-bond donors (Lipinski definition) is 1. The number of halogens is 1. The van der Waals surface area contributed by atoms with Gasteiger partial charge in [0, 0.05) is 10.6 Å². The van der Waals surface area contributed by atoms with E-state index in [1.165, 1.54) is 0 Å². The third kappa shape index (κ3) is 3.42. The highest BCUT2D eigenvalue weighted by Crippen LogP contribution is 2.44. The van der Waals surface area contributed by atoms with Crippen LogP contribution in [0.15, 0.2) is 48.5 Å². The van der Waals surface area contributed by atoms with E-state index in [-0.39, 0.29) is 11.2 Å². The summed E-state index contributed by atoms with van der Waals surface area (Å²) in [6, 6.07) is 15.4. The molecule has 3 aromatic rings. The van der Waals surface area contributed by atoms with E-state index in [0.717, 1.165) is 28.3 Å². The summed E-state index contributed by atoms with van der Waals surface area (Å²) in [5.74, 6) is 1.84. The van der Waals surface area contributed by atoms with Gasteiger partial charge in [-0.2, -0.15) is 5.10 Å². The van der Waals surface area contributed by atoms with E-state index in [0.29, 0.717) is 16.6 Å². The van der Waals surface area contributed by atoms with Gasteiger partial charge >= 0.3 is 0 Å². The molecule has 0 spiro atoms. The second kappa shape index (κ2) is 7.29. The Balaban J connectivity index is 1.86. The summed E-state index contributed by atoms with van der Waals surface area (Å²) in [6.07, 6.45) is 0. The van der Waals surface area contributed by atoms with Crippen molar-refractivity contribution in [1.82, 2.24) is 9.78 Å². The molecule has 0 bridgehead atoms. The molecule has 1 atom stereocenters. The second-order valence-electron chi connectivity index (χ2n) is 6.25. The molecule has 2 heterocycles. The number of amides is 1. The van der Waals surface area contributed by atoms with Gasteiger partial charge in [-0.05, 0) is 42.8 Å². The lowest BCUT2D eigenvalue weighted by molar-refractivity contribution is -0.113. The molecule has 7 heteroatoms. The first-order chi connectivity index (χ1) is 13.1. The fraction of sp³-hybridized carbons (Fsp3) is 0.200. The van der Waals surface area contributed by atoms with E-state index in [4.69, 9.17) is 21.4 Å². The van der Waals surface area contributed by atoms with Crippen LogP contribution in [0.1, 0.15) is 22.1 Å². The molecule has 0 saturated carbocycles. The van der Waals surface area contributed by atoms with Crippen LogP contribution >= 0.6 is 23.4 Å². The maximum Gasteiger partial charge on any atom is 0.235 e. The van der Waals surface area contributed by atoms with Gasteiger partial charge in [0.1, 0.15) is 11.6 Å². The smallest absolute Gasteiger partial charge is 0.235 e. The number of aryl methyl sites for hydroxylation is 1. The maximum atomic E-state index is 12.4. The zero-order valence-corrected chi connectivity index (χ0v) is 16.5. The van der Waals surface area contributed by atoms with Gasteiger partial charge in [-0.15, -0.1) is 11.8 Å². The molecule has 1 aromatic heterocycles. The molecular weight excluding hydrogens is 382 g/mol. The van der Waals surface area contributed by atoms with Crippen LogP contribution in [0.25, 0.3) is 5.69 Å². The Morgan fingerprint density at radius 3 is 2.74 bits per heavy atom. The second-order valence-corrected chi connectivity index (χ2v) is 7.78. The summed E-state index contributed by atoms with van der Waals surface area (Å²) >= 11 is 7.75. The van der Waals surface area contributed by atoms with E-state index < -0.39 is 0 Å². The number of rotatable bonds is 3. The monoisotopic (exact) mass is 399 g/mol. The number of nitrogens with one attached hydrogen (secondary N) is 1. The molecule has 0 unspecified atom stereocenters. The zero-order valence-electron chi connectivity index (χ0n) is 14.9. The summed E-state index contributed by atoms with van der Waals surface area (Å²) in [5, 5.41) is 8.34. The lowest BCUT2D eigenvalue weighted by Gasteiger charge is -2.16. The van der Waals surface area contributed by atoms with Gasteiger partial charge in [-0.25, -0.2) is 4.68 Å². The van der Waals surface area contributed by atoms with Crippen LogP contribution in [-0.2, 0) is 4.79 Å². The zero-order chi connectivity index (χ0) is 19.0. The lowest BCUT2D eigenvalue weighted by atomic mass is 10.0. The molecule has 1 amide bonds. The minimum Gasteiger partial charge on any atom is -0.497 e. The van der Waals surface area contributed by atoms with Crippen molar-refractivity contribution in [3.8, 4) is 11.4 Å². The first-order valence-corrected chi connectivity index (χ1v) is 9.90. The highest BCUT2D eigenvalue weighted by Gasteiger charge is 2.30. The van der Waals surface area contributed by atoms with Crippen molar-refractivity contribution in [2.45, 2.75) is 12.2 Å². The fourth-order valence-electron chi connectivity index (χ4n) is 3.22. The Morgan fingerprint density at radius 1 is 1.26 bits per heavy atom. The minimum absolute atomic E-state index is 0.00205. The van der Waals surface area contributed by atoms with Gasteiger partial charge in [0.2, 0.25) is 5.91 Å². The van der Waals surface area contributed by atoms with Crippen LogP contribution in [0, 0.1) is 6.92 Å². The summed E-state index contributed by atoms with van der Waals surface area (Å²) in [7, 11) is 1.65. The molecule has 1 aliphatic rings. The predicted octanol–water partition coefficient (Wildman–Crippen LogP) is 4.62. The Kier molecular flexibility index (Phi) is 4.85. The number of thioether (sulfide) groups is 1. The molecule has 0 fully saturated rings. The molecule has 2 aromatic carbocycles. The van der Waals surface area contributed by atoms with Crippen LogP contribution in [0.2, 0.25) is 5.02 Å². The van der Waals surface area contributed by atoms with Gasteiger partial charge in [0.15, 0.2) is 0 Å². The first-order valence-electron chi connectivity index (χ1n) is 8.47. The highest BCUT2D eigenvalue weighted by atomic mass is 35.5. The average Bonchev–Trinajstić information content (AvgIpc) is 2.88. The number of hydrogen-bond acceptors (Lipinski definition) is 4. The van der Waals surface area contributed by atoms with Crippen LogP contribution in [0.3, 0.4) is 0 Å². The number of anilines is 1. The van der Waals surface area contributed by atoms with Crippen LogP contribution in [0.5, 0.6) is 5.75 Å². The topological polar surface area (TPSA) is 56.1 Å². The van der Waals surface area contributed by atoms with Crippen molar-refractivity contribution in [2.24, 2.45) is 0 Å². The number of methoxy groups -OCH3 is 1. The van der Waals surface area contributed by atoms with Gasteiger partial charge < -0.3 is 10.1 Å². The molecule has 0 aliphatic carbocycles. The Hall–Kier alpha value is -2.44. The normalized spacial score (nSPS) is 16.4. The SMILES string of the molecule is COc1ccc([C@H]2SCC(=O)Nc3c2c(C)nn3-c2cccc(Cl)c2)cc1. The third-order valence-electron chi connectivity index (χ3n) is 4.48. The van der Waals surface area contributed by atoms with Crippen molar-refractivity contribution < 1.29 is 9.53 Å².